The van der Waals surface area contributed by atoms with Crippen molar-refractivity contribution >= 4 is 0 Å². The van der Waals surface area contributed by atoms with Gasteiger partial charge in [0.1, 0.15) is 0 Å². The minimum absolute atomic E-state index is 0.815. The number of nitrogens with zero attached hydrogens (tertiary/aromatic N) is 1. The molecule has 0 saturated heterocycles. The second kappa shape index (κ2) is 9.94. The predicted molar refractivity (Wildman–Crippen MR) is 79.4 cm³/mol. The Labute approximate surface area is 110 Å². The molecule has 0 heterocycles. The Morgan fingerprint density at radius 3 is 1.94 bits per heavy atom. The van der Waals surface area contributed by atoms with Crippen molar-refractivity contribution in [2.45, 2.75) is 66.2 Å². The summed E-state index contributed by atoms with van der Waals surface area (Å²) in [6.07, 6.45) is 8.47. The molecule has 0 aromatic rings. The maximum atomic E-state index is 2.44. The van der Waals surface area contributed by atoms with E-state index in [1.165, 1.54) is 45.1 Å². The van der Waals surface area contributed by atoms with E-state index >= 15 is 0 Å². The van der Waals surface area contributed by atoms with Gasteiger partial charge >= 0.3 is 0 Å². The van der Waals surface area contributed by atoms with Crippen molar-refractivity contribution in [3.8, 4) is 0 Å². The Bertz CT molecular complexity index is 163. The normalized spacial score (nSPS) is 15.5. The van der Waals surface area contributed by atoms with Crippen LogP contribution in [0.15, 0.2) is 0 Å². The van der Waals surface area contributed by atoms with E-state index in [-0.39, 0.29) is 0 Å². The molecule has 0 N–H and O–H groups in total. The van der Waals surface area contributed by atoms with Crippen molar-refractivity contribution in [1.82, 2.24) is 4.90 Å². The van der Waals surface area contributed by atoms with Crippen LogP contribution in [0.2, 0.25) is 0 Å². The average molecular weight is 241 g/mol. The summed E-state index contributed by atoms with van der Waals surface area (Å²) in [7, 11) is 4.41. The highest BCUT2D eigenvalue weighted by Gasteiger charge is 2.20. The second-order valence-corrected chi connectivity index (χ2v) is 6.33. The highest BCUT2D eigenvalue weighted by molar-refractivity contribution is 4.71. The Morgan fingerprint density at radius 2 is 1.47 bits per heavy atom. The SMILES string of the molecule is CCCCCCCC(CN(C)C)C(C)C(C)C. The molecule has 2 atom stereocenters. The largest absolute Gasteiger partial charge is 0.309 e. The van der Waals surface area contributed by atoms with Crippen molar-refractivity contribution in [3.05, 3.63) is 0 Å². The van der Waals surface area contributed by atoms with Crippen LogP contribution in [-0.2, 0) is 0 Å². The quantitative estimate of drug-likeness (QED) is 0.496. The third kappa shape index (κ3) is 8.65. The van der Waals surface area contributed by atoms with E-state index < -0.39 is 0 Å². The zero-order chi connectivity index (χ0) is 13.3. The maximum Gasteiger partial charge on any atom is 0.000620 e. The van der Waals surface area contributed by atoms with Crippen molar-refractivity contribution in [3.63, 3.8) is 0 Å². The first-order chi connectivity index (χ1) is 7.99. The lowest BCUT2D eigenvalue weighted by molar-refractivity contribution is 0.200. The van der Waals surface area contributed by atoms with Crippen molar-refractivity contribution in [1.29, 1.82) is 0 Å². The minimum atomic E-state index is 0.815. The van der Waals surface area contributed by atoms with Crippen LogP contribution in [0.5, 0.6) is 0 Å². The maximum absolute atomic E-state index is 2.44. The molecular weight excluding hydrogens is 206 g/mol. The number of hydrogen-bond acceptors (Lipinski definition) is 1. The third-order valence-electron chi connectivity index (χ3n) is 4.07. The Morgan fingerprint density at radius 1 is 0.882 bits per heavy atom. The van der Waals surface area contributed by atoms with Gasteiger partial charge in [-0.2, -0.15) is 0 Å². The summed E-state index contributed by atoms with van der Waals surface area (Å²) >= 11 is 0. The number of unbranched alkanes of at least 4 members (excludes halogenated alkanes) is 4. The fraction of sp³-hybridized carbons (Fsp3) is 1.00. The minimum Gasteiger partial charge on any atom is -0.309 e. The van der Waals surface area contributed by atoms with Crippen LogP contribution in [0.25, 0.3) is 0 Å². The lowest BCUT2D eigenvalue weighted by Crippen LogP contribution is -2.28. The predicted octanol–water partition coefficient (Wildman–Crippen LogP) is 4.82. The molecule has 0 aromatic carbocycles. The van der Waals surface area contributed by atoms with Gasteiger partial charge in [-0.05, 0) is 38.3 Å². The summed E-state index contributed by atoms with van der Waals surface area (Å²) in [5.74, 6) is 2.55. The van der Waals surface area contributed by atoms with Crippen LogP contribution in [-0.4, -0.2) is 25.5 Å². The molecule has 0 aromatic heterocycles. The van der Waals surface area contributed by atoms with Crippen LogP contribution in [0.4, 0.5) is 0 Å². The molecule has 0 bridgehead atoms. The fourth-order valence-corrected chi connectivity index (χ4v) is 2.54. The molecule has 2 unspecified atom stereocenters. The Balaban J connectivity index is 3.93. The van der Waals surface area contributed by atoms with Crippen LogP contribution < -0.4 is 0 Å². The highest BCUT2D eigenvalue weighted by Crippen LogP contribution is 2.26. The first-order valence-corrected chi connectivity index (χ1v) is 7.63. The van der Waals surface area contributed by atoms with E-state index in [0.29, 0.717) is 0 Å². The van der Waals surface area contributed by atoms with Gasteiger partial charge in [-0.1, -0.05) is 59.8 Å². The van der Waals surface area contributed by atoms with Crippen molar-refractivity contribution in [2.24, 2.45) is 17.8 Å². The number of rotatable bonds is 10. The molecule has 0 radical (unpaired) electrons. The van der Waals surface area contributed by atoms with Gasteiger partial charge in [-0.25, -0.2) is 0 Å². The molecule has 0 aliphatic heterocycles. The van der Waals surface area contributed by atoms with E-state index in [9.17, 15) is 0 Å². The molecule has 0 amide bonds. The van der Waals surface area contributed by atoms with Crippen molar-refractivity contribution < 1.29 is 0 Å². The topological polar surface area (TPSA) is 3.24 Å². The Hall–Kier alpha value is -0.0400. The van der Waals surface area contributed by atoms with Gasteiger partial charge in [0, 0.05) is 6.54 Å². The molecule has 0 fully saturated rings. The molecule has 0 saturated carbocycles. The zero-order valence-corrected chi connectivity index (χ0v) is 13.1. The third-order valence-corrected chi connectivity index (χ3v) is 4.07. The highest BCUT2D eigenvalue weighted by atomic mass is 15.1. The molecule has 104 valence electrons. The average Bonchev–Trinajstić information content (AvgIpc) is 2.25. The molecule has 0 spiro atoms. The summed E-state index contributed by atoms with van der Waals surface area (Å²) in [5, 5.41) is 0. The first kappa shape index (κ1) is 17.0. The monoisotopic (exact) mass is 241 g/mol. The molecule has 0 aliphatic rings. The van der Waals surface area contributed by atoms with Gasteiger partial charge in [0.15, 0.2) is 0 Å². The van der Waals surface area contributed by atoms with Gasteiger partial charge in [-0.3, -0.25) is 0 Å². The lowest BCUT2D eigenvalue weighted by atomic mass is 9.81. The molecule has 1 nitrogen and oxygen atoms in total. The summed E-state index contributed by atoms with van der Waals surface area (Å²) in [6, 6.07) is 0. The number of hydrogen-bond donors (Lipinski definition) is 0. The summed E-state index contributed by atoms with van der Waals surface area (Å²) in [5.41, 5.74) is 0. The van der Waals surface area contributed by atoms with E-state index in [2.05, 4.69) is 46.7 Å². The fourth-order valence-electron chi connectivity index (χ4n) is 2.54. The second-order valence-electron chi connectivity index (χ2n) is 6.33. The summed E-state index contributed by atoms with van der Waals surface area (Å²) in [6.45, 7) is 10.7. The van der Waals surface area contributed by atoms with Crippen molar-refractivity contribution in [2.75, 3.05) is 20.6 Å². The first-order valence-electron chi connectivity index (χ1n) is 7.63. The van der Waals surface area contributed by atoms with E-state index in [0.717, 1.165) is 17.8 Å². The van der Waals surface area contributed by atoms with Crippen LogP contribution >= 0.6 is 0 Å². The van der Waals surface area contributed by atoms with Gasteiger partial charge in [0.2, 0.25) is 0 Å². The molecule has 1 heteroatoms. The van der Waals surface area contributed by atoms with E-state index in [1.807, 2.05) is 0 Å². The van der Waals surface area contributed by atoms with E-state index in [1.54, 1.807) is 0 Å². The van der Waals surface area contributed by atoms with Gasteiger partial charge in [0.05, 0.1) is 0 Å². The van der Waals surface area contributed by atoms with Crippen LogP contribution in [0, 0.1) is 17.8 Å². The molecular formula is C16H35N. The summed E-state index contributed by atoms with van der Waals surface area (Å²) in [4.78, 5) is 2.36. The molecule has 0 aliphatic carbocycles. The molecule has 17 heavy (non-hydrogen) atoms. The summed E-state index contributed by atoms with van der Waals surface area (Å²) < 4.78 is 0. The van der Waals surface area contributed by atoms with Gasteiger partial charge < -0.3 is 4.90 Å². The standard InChI is InChI=1S/C16H35N/c1-7-8-9-10-11-12-16(13-17(5)6)15(4)14(2)3/h14-16H,7-13H2,1-6H3. The van der Waals surface area contributed by atoms with Gasteiger partial charge in [-0.15, -0.1) is 0 Å². The van der Waals surface area contributed by atoms with Crippen LogP contribution in [0.3, 0.4) is 0 Å². The zero-order valence-electron chi connectivity index (χ0n) is 13.1. The lowest BCUT2D eigenvalue weighted by Gasteiger charge is -2.29. The smallest absolute Gasteiger partial charge is 0.000620 e. The van der Waals surface area contributed by atoms with E-state index in [4.69, 9.17) is 0 Å². The Kier molecular flexibility index (Phi) is 9.91. The van der Waals surface area contributed by atoms with Crippen LogP contribution in [0.1, 0.15) is 66.2 Å². The van der Waals surface area contributed by atoms with Gasteiger partial charge in [0.25, 0.3) is 0 Å². The molecule has 0 rings (SSSR count).